The lowest BCUT2D eigenvalue weighted by Crippen LogP contribution is -2.36. The van der Waals surface area contributed by atoms with E-state index in [4.69, 9.17) is 5.73 Å². The van der Waals surface area contributed by atoms with Crippen LogP contribution < -0.4 is 11.1 Å². The second-order valence-electron chi connectivity index (χ2n) is 5.61. The Morgan fingerprint density at radius 1 is 1.31 bits per heavy atom. The van der Waals surface area contributed by atoms with E-state index in [1.54, 1.807) is 0 Å². The number of nitrogens with two attached hydrogens (primary N) is 1. The summed E-state index contributed by atoms with van der Waals surface area (Å²) in [6.07, 6.45) is 1.27. The third kappa shape index (κ3) is 2.83. The summed E-state index contributed by atoms with van der Waals surface area (Å²) >= 11 is 0. The fourth-order valence-corrected chi connectivity index (χ4v) is 1.97. The predicted molar refractivity (Wildman–Crippen MR) is 68.4 cm³/mol. The fourth-order valence-electron chi connectivity index (χ4n) is 1.97. The topological polar surface area (TPSA) is 38.0 Å². The highest BCUT2D eigenvalue weighted by Crippen LogP contribution is 2.40. The predicted octanol–water partition coefficient (Wildman–Crippen LogP) is 2.12. The van der Waals surface area contributed by atoms with Crippen molar-refractivity contribution in [2.24, 2.45) is 11.1 Å². The van der Waals surface area contributed by atoms with Gasteiger partial charge in [0, 0.05) is 18.5 Å². The molecule has 2 unspecified atom stereocenters. The SMILES string of the molecule is CC(C)(CN)CNC1CC1c1ccccc1. The van der Waals surface area contributed by atoms with Crippen LogP contribution in [0.3, 0.4) is 0 Å². The second-order valence-corrected chi connectivity index (χ2v) is 5.61. The van der Waals surface area contributed by atoms with Gasteiger partial charge in [0.25, 0.3) is 0 Å². The van der Waals surface area contributed by atoms with E-state index in [2.05, 4.69) is 49.5 Å². The van der Waals surface area contributed by atoms with Crippen LogP contribution in [0.1, 0.15) is 31.7 Å². The molecule has 88 valence electrons. The van der Waals surface area contributed by atoms with E-state index in [1.165, 1.54) is 12.0 Å². The van der Waals surface area contributed by atoms with Gasteiger partial charge >= 0.3 is 0 Å². The van der Waals surface area contributed by atoms with Gasteiger partial charge < -0.3 is 11.1 Å². The Labute approximate surface area is 98.2 Å². The molecule has 0 heterocycles. The van der Waals surface area contributed by atoms with Crippen LogP contribution >= 0.6 is 0 Å². The standard InChI is InChI=1S/C14H22N2/c1-14(2,9-15)10-16-13-8-12(13)11-6-4-3-5-7-11/h3-7,12-13,16H,8-10,15H2,1-2H3. The summed E-state index contributed by atoms with van der Waals surface area (Å²) in [7, 11) is 0. The molecule has 2 heteroatoms. The maximum Gasteiger partial charge on any atom is 0.0143 e. The lowest BCUT2D eigenvalue weighted by molar-refractivity contribution is 0.349. The van der Waals surface area contributed by atoms with Gasteiger partial charge in [-0.15, -0.1) is 0 Å². The largest absolute Gasteiger partial charge is 0.330 e. The van der Waals surface area contributed by atoms with Crippen LogP contribution in [0.4, 0.5) is 0 Å². The molecular formula is C14H22N2. The first-order valence-corrected chi connectivity index (χ1v) is 6.11. The number of hydrogen-bond donors (Lipinski definition) is 2. The molecule has 0 aliphatic heterocycles. The monoisotopic (exact) mass is 218 g/mol. The summed E-state index contributed by atoms with van der Waals surface area (Å²) in [5, 5.41) is 3.62. The van der Waals surface area contributed by atoms with E-state index in [-0.39, 0.29) is 5.41 Å². The molecular weight excluding hydrogens is 196 g/mol. The van der Waals surface area contributed by atoms with Gasteiger partial charge in [0.15, 0.2) is 0 Å². The molecule has 1 aromatic rings. The Morgan fingerprint density at radius 2 is 2.00 bits per heavy atom. The van der Waals surface area contributed by atoms with Gasteiger partial charge in [0.1, 0.15) is 0 Å². The Balaban J connectivity index is 1.80. The van der Waals surface area contributed by atoms with Crippen molar-refractivity contribution in [3.05, 3.63) is 35.9 Å². The zero-order chi connectivity index (χ0) is 11.6. The Kier molecular flexibility index (Phi) is 3.31. The first-order valence-electron chi connectivity index (χ1n) is 6.11. The van der Waals surface area contributed by atoms with Crippen molar-refractivity contribution in [3.8, 4) is 0 Å². The quantitative estimate of drug-likeness (QED) is 0.794. The van der Waals surface area contributed by atoms with Crippen LogP contribution in [-0.2, 0) is 0 Å². The number of hydrogen-bond acceptors (Lipinski definition) is 2. The first kappa shape index (κ1) is 11.6. The van der Waals surface area contributed by atoms with E-state index in [0.717, 1.165) is 19.0 Å². The molecule has 0 amide bonds. The summed E-state index contributed by atoms with van der Waals surface area (Å²) in [6, 6.07) is 11.4. The summed E-state index contributed by atoms with van der Waals surface area (Å²) < 4.78 is 0. The maximum absolute atomic E-state index is 5.72. The summed E-state index contributed by atoms with van der Waals surface area (Å²) in [5.41, 5.74) is 7.39. The molecule has 1 saturated carbocycles. The summed E-state index contributed by atoms with van der Waals surface area (Å²) in [4.78, 5) is 0. The van der Waals surface area contributed by atoms with Crippen LogP contribution in [0.2, 0.25) is 0 Å². The van der Waals surface area contributed by atoms with Crippen molar-refractivity contribution >= 4 is 0 Å². The molecule has 2 rings (SSSR count). The van der Waals surface area contributed by atoms with Gasteiger partial charge in [0.05, 0.1) is 0 Å². The third-order valence-electron chi connectivity index (χ3n) is 3.41. The molecule has 0 radical (unpaired) electrons. The molecule has 0 spiro atoms. The van der Waals surface area contributed by atoms with E-state index in [0.29, 0.717) is 6.04 Å². The molecule has 0 aromatic heterocycles. The minimum absolute atomic E-state index is 0.212. The highest BCUT2D eigenvalue weighted by Gasteiger charge is 2.38. The zero-order valence-electron chi connectivity index (χ0n) is 10.2. The van der Waals surface area contributed by atoms with Crippen molar-refractivity contribution in [1.29, 1.82) is 0 Å². The zero-order valence-corrected chi connectivity index (χ0v) is 10.2. The van der Waals surface area contributed by atoms with Gasteiger partial charge in [0.2, 0.25) is 0 Å². The van der Waals surface area contributed by atoms with Crippen molar-refractivity contribution in [2.45, 2.75) is 32.2 Å². The summed E-state index contributed by atoms with van der Waals surface area (Å²) in [6.45, 7) is 6.17. The van der Waals surface area contributed by atoms with E-state index in [1.807, 2.05) is 0 Å². The highest BCUT2D eigenvalue weighted by molar-refractivity contribution is 5.27. The fraction of sp³-hybridized carbons (Fsp3) is 0.571. The van der Waals surface area contributed by atoms with Crippen molar-refractivity contribution in [1.82, 2.24) is 5.32 Å². The molecule has 1 aliphatic rings. The molecule has 2 atom stereocenters. The minimum Gasteiger partial charge on any atom is -0.330 e. The van der Waals surface area contributed by atoms with Gasteiger partial charge in [-0.3, -0.25) is 0 Å². The molecule has 2 nitrogen and oxygen atoms in total. The molecule has 1 fully saturated rings. The second kappa shape index (κ2) is 4.56. The lowest BCUT2D eigenvalue weighted by atomic mass is 9.94. The van der Waals surface area contributed by atoms with Crippen molar-refractivity contribution < 1.29 is 0 Å². The smallest absolute Gasteiger partial charge is 0.0143 e. The van der Waals surface area contributed by atoms with Gasteiger partial charge in [-0.2, -0.15) is 0 Å². The van der Waals surface area contributed by atoms with Gasteiger partial charge in [-0.25, -0.2) is 0 Å². The van der Waals surface area contributed by atoms with E-state index in [9.17, 15) is 0 Å². The molecule has 0 bridgehead atoms. The molecule has 1 aromatic carbocycles. The minimum atomic E-state index is 0.212. The third-order valence-corrected chi connectivity index (χ3v) is 3.41. The number of rotatable bonds is 5. The Bertz CT molecular complexity index is 332. The molecule has 0 saturated heterocycles. The van der Waals surface area contributed by atoms with Crippen LogP contribution in [-0.4, -0.2) is 19.1 Å². The molecule has 16 heavy (non-hydrogen) atoms. The number of benzene rings is 1. The molecule has 1 aliphatic carbocycles. The average Bonchev–Trinajstić information content (AvgIpc) is 3.07. The normalized spacial score (nSPS) is 24.4. The summed E-state index contributed by atoms with van der Waals surface area (Å²) in [5.74, 6) is 0.717. The van der Waals surface area contributed by atoms with Crippen molar-refractivity contribution in [3.63, 3.8) is 0 Å². The van der Waals surface area contributed by atoms with Crippen LogP contribution in [0, 0.1) is 5.41 Å². The van der Waals surface area contributed by atoms with Crippen LogP contribution in [0.5, 0.6) is 0 Å². The number of nitrogens with one attached hydrogen (secondary N) is 1. The van der Waals surface area contributed by atoms with Gasteiger partial charge in [-0.1, -0.05) is 44.2 Å². The highest BCUT2D eigenvalue weighted by atomic mass is 15.0. The van der Waals surface area contributed by atoms with E-state index < -0.39 is 0 Å². The van der Waals surface area contributed by atoms with Crippen molar-refractivity contribution in [2.75, 3.05) is 13.1 Å². The molecule has 3 N–H and O–H groups in total. The van der Waals surface area contributed by atoms with Gasteiger partial charge in [-0.05, 0) is 23.9 Å². The first-order chi connectivity index (χ1) is 7.62. The van der Waals surface area contributed by atoms with Crippen LogP contribution in [0.15, 0.2) is 30.3 Å². The van der Waals surface area contributed by atoms with E-state index >= 15 is 0 Å². The average molecular weight is 218 g/mol. The van der Waals surface area contributed by atoms with Crippen LogP contribution in [0.25, 0.3) is 0 Å². The Hall–Kier alpha value is -0.860. The Morgan fingerprint density at radius 3 is 2.62 bits per heavy atom. The maximum atomic E-state index is 5.72. The lowest BCUT2D eigenvalue weighted by Gasteiger charge is -2.22.